The number of hydrogen-bond acceptors (Lipinski definition) is 0. The number of fused-ring (bicyclic) bond motifs is 1. The highest BCUT2D eigenvalue weighted by Gasteiger charge is 2.36. The van der Waals surface area contributed by atoms with Crippen LogP contribution in [0.1, 0.15) is 86.5 Å². The Hall–Kier alpha value is -2.40. The molecule has 0 bridgehead atoms. The highest BCUT2D eigenvalue weighted by Crippen LogP contribution is 2.48. The molecule has 2 aliphatic carbocycles. The fraction of sp³-hybridized carbons (Fsp3) is 0.467. The fourth-order valence-electron chi connectivity index (χ4n) is 5.78. The molecule has 0 N–H and O–H groups in total. The summed E-state index contributed by atoms with van der Waals surface area (Å²) in [5.41, 5.74) is 2.70. The van der Waals surface area contributed by atoms with Crippen molar-refractivity contribution >= 4 is 0 Å². The molecule has 4 rings (SSSR count). The first-order valence-corrected chi connectivity index (χ1v) is 12.2. The van der Waals surface area contributed by atoms with E-state index in [0.29, 0.717) is 22.6 Å². The number of aryl methyl sites for hydroxylation is 1. The maximum atomic E-state index is 15.0. The van der Waals surface area contributed by atoms with Gasteiger partial charge in [0, 0.05) is 11.1 Å². The van der Waals surface area contributed by atoms with E-state index < -0.39 is 0 Å². The Kier molecular flexibility index (Phi) is 7.46. The second kappa shape index (κ2) is 10.5. The van der Waals surface area contributed by atoms with Crippen molar-refractivity contribution < 1.29 is 8.78 Å². The van der Waals surface area contributed by atoms with Gasteiger partial charge in [0.2, 0.25) is 0 Å². The van der Waals surface area contributed by atoms with Crippen LogP contribution in [-0.2, 0) is 0 Å². The molecule has 4 unspecified atom stereocenters. The minimum absolute atomic E-state index is 0.143. The molecule has 0 aromatic heterocycles. The smallest absolute Gasteiger partial charge is 0.127 e. The van der Waals surface area contributed by atoms with Crippen LogP contribution < -0.4 is 0 Å². The minimum Gasteiger partial charge on any atom is -0.207 e. The summed E-state index contributed by atoms with van der Waals surface area (Å²) in [6.45, 7) is 3.83. The van der Waals surface area contributed by atoms with Crippen LogP contribution >= 0.6 is 0 Å². The van der Waals surface area contributed by atoms with Crippen LogP contribution in [-0.4, -0.2) is 0 Å². The van der Waals surface area contributed by atoms with E-state index in [1.807, 2.05) is 12.1 Å². The van der Waals surface area contributed by atoms with Crippen LogP contribution in [0.15, 0.2) is 48.6 Å². The molecule has 168 valence electrons. The molecule has 32 heavy (non-hydrogen) atoms. The van der Waals surface area contributed by atoms with Crippen molar-refractivity contribution in [1.82, 2.24) is 0 Å². The standard InChI is InChI=1S/C30H34F2/c1-3-4-5-6-22-11-13-26-20-27(15-14-25(26)17-22)28-16-12-24(19-30(28)32)10-9-23-8-7-21(2)29(31)18-23/h3-4,7-8,12,16,18-19,22,25-27H,5-6,11,13-15,17,20H2,1-2H3/b4-3+. The number of allylic oxidation sites excluding steroid dienone is 2. The molecule has 4 atom stereocenters. The summed E-state index contributed by atoms with van der Waals surface area (Å²) >= 11 is 0. The first kappa shape index (κ1) is 22.8. The van der Waals surface area contributed by atoms with Gasteiger partial charge in [0.25, 0.3) is 0 Å². The van der Waals surface area contributed by atoms with Gasteiger partial charge in [-0.2, -0.15) is 0 Å². The van der Waals surface area contributed by atoms with Crippen LogP contribution in [0.5, 0.6) is 0 Å². The van der Waals surface area contributed by atoms with E-state index in [9.17, 15) is 4.39 Å². The van der Waals surface area contributed by atoms with E-state index in [4.69, 9.17) is 0 Å². The van der Waals surface area contributed by atoms with Crippen molar-refractivity contribution in [2.24, 2.45) is 17.8 Å². The predicted octanol–water partition coefficient (Wildman–Crippen LogP) is 8.33. The number of hydrogen-bond donors (Lipinski definition) is 0. The molecule has 0 radical (unpaired) electrons. The van der Waals surface area contributed by atoms with Crippen molar-refractivity contribution in [3.05, 3.63) is 82.4 Å². The lowest BCUT2D eigenvalue weighted by Crippen LogP contribution is -2.30. The van der Waals surface area contributed by atoms with Gasteiger partial charge >= 0.3 is 0 Å². The summed E-state index contributed by atoms with van der Waals surface area (Å²) in [7, 11) is 0. The first-order valence-electron chi connectivity index (χ1n) is 12.2. The van der Waals surface area contributed by atoms with E-state index in [-0.39, 0.29) is 11.6 Å². The van der Waals surface area contributed by atoms with E-state index in [1.165, 1.54) is 44.6 Å². The van der Waals surface area contributed by atoms with Gasteiger partial charge in [0.15, 0.2) is 0 Å². The molecule has 0 amide bonds. The number of halogens is 2. The maximum absolute atomic E-state index is 15.0. The van der Waals surface area contributed by atoms with E-state index >= 15 is 4.39 Å². The van der Waals surface area contributed by atoms with Crippen LogP contribution in [0.2, 0.25) is 0 Å². The minimum atomic E-state index is -0.263. The highest BCUT2D eigenvalue weighted by molar-refractivity contribution is 5.45. The van der Waals surface area contributed by atoms with Gasteiger partial charge in [-0.15, -0.1) is 0 Å². The Morgan fingerprint density at radius 1 is 0.875 bits per heavy atom. The summed E-state index contributed by atoms with van der Waals surface area (Å²) in [6.07, 6.45) is 14.4. The summed E-state index contributed by atoms with van der Waals surface area (Å²) in [6, 6.07) is 10.3. The van der Waals surface area contributed by atoms with E-state index in [0.717, 1.165) is 36.2 Å². The third-order valence-electron chi connectivity index (χ3n) is 7.66. The van der Waals surface area contributed by atoms with E-state index in [1.54, 1.807) is 25.1 Å². The molecule has 0 aliphatic heterocycles. The summed E-state index contributed by atoms with van der Waals surface area (Å²) in [5, 5.41) is 0. The topological polar surface area (TPSA) is 0 Å². The molecule has 2 aromatic rings. The Morgan fingerprint density at radius 3 is 2.28 bits per heavy atom. The summed E-state index contributed by atoms with van der Waals surface area (Å²) in [4.78, 5) is 0. The van der Waals surface area contributed by atoms with Crippen molar-refractivity contribution in [1.29, 1.82) is 0 Å². The fourth-order valence-corrected chi connectivity index (χ4v) is 5.78. The summed E-state index contributed by atoms with van der Waals surface area (Å²) < 4.78 is 28.7. The molecule has 0 spiro atoms. The number of benzene rings is 2. The molecule has 0 heterocycles. The van der Waals surface area contributed by atoms with Gasteiger partial charge in [-0.05, 0) is 118 Å². The van der Waals surface area contributed by atoms with Crippen molar-refractivity contribution in [3.63, 3.8) is 0 Å². The molecule has 2 aromatic carbocycles. The quantitative estimate of drug-likeness (QED) is 0.336. The van der Waals surface area contributed by atoms with Gasteiger partial charge in [0.05, 0.1) is 0 Å². The van der Waals surface area contributed by atoms with E-state index in [2.05, 4.69) is 30.9 Å². The highest BCUT2D eigenvalue weighted by atomic mass is 19.1. The van der Waals surface area contributed by atoms with Gasteiger partial charge in [-0.1, -0.05) is 42.5 Å². The van der Waals surface area contributed by atoms with Crippen molar-refractivity contribution in [2.75, 3.05) is 0 Å². The molecule has 2 heteroatoms. The van der Waals surface area contributed by atoms with Crippen LogP contribution in [0.25, 0.3) is 0 Å². The monoisotopic (exact) mass is 432 g/mol. The number of rotatable bonds is 4. The Balaban J connectivity index is 1.38. The lowest BCUT2D eigenvalue weighted by Gasteiger charge is -2.42. The average Bonchev–Trinajstić information content (AvgIpc) is 2.80. The second-order valence-electron chi connectivity index (χ2n) is 9.81. The molecule has 2 fully saturated rings. The third kappa shape index (κ3) is 5.50. The Labute approximate surface area is 192 Å². The average molecular weight is 433 g/mol. The van der Waals surface area contributed by atoms with Crippen LogP contribution in [0, 0.1) is 48.2 Å². The Bertz CT molecular complexity index is 1020. The molecule has 0 saturated heterocycles. The van der Waals surface area contributed by atoms with Crippen LogP contribution in [0.3, 0.4) is 0 Å². The molecular weight excluding hydrogens is 398 g/mol. The normalized spacial score (nSPS) is 25.2. The SMILES string of the molecule is C/C=C/CCC1CCC2CC(c3ccc(C#Cc4ccc(C)c(F)c4)cc3F)CCC2C1. The van der Waals surface area contributed by atoms with Crippen molar-refractivity contribution in [2.45, 2.75) is 71.1 Å². The zero-order valence-electron chi connectivity index (χ0n) is 19.3. The molecular formula is C30H34F2. The van der Waals surface area contributed by atoms with Crippen molar-refractivity contribution in [3.8, 4) is 11.8 Å². The largest absolute Gasteiger partial charge is 0.207 e. The molecule has 0 nitrogen and oxygen atoms in total. The first-order chi connectivity index (χ1) is 15.5. The molecule has 2 saturated carbocycles. The van der Waals surface area contributed by atoms with Gasteiger partial charge in [-0.25, -0.2) is 8.78 Å². The van der Waals surface area contributed by atoms with Gasteiger partial charge in [-0.3, -0.25) is 0 Å². The third-order valence-corrected chi connectivity index (χ3v) is 7.66. The zero-order chi connectivity index (χ0) is 22.5. The zero-order valence-corrected chi connectivity index (χ0v) is 19.3. The lowest BCUT2D eigenvalue weighted by molar-refractivity contribution is 0.114. The van der Waals surface area contributed by atoms with Gasteiger partial charge in [0.1, 0.15) is 11.6 Å². The summed E-state index contributed by atoms with van der Waals surface area (Å²) in [5.74, 6) is 8.32. The Morgan fingerprint density at radius 2 is 1.56 bits per heavy atom. The predicted molar refractivity (Wildman–Crippen MR) is 128 cm³/mol. The van der Waals surface area contributed by atoms with Crippen LogP contribution in [0.4, 0.5) is 8.78 Å². The second-order valence-corrected chi connectivity index (χ2v) is 9.81. The maximum Gasteiger partial charge on any atom is 0.127 e. The molecule has 2 aliphatic rings. The van der Waals surface area contributed by atoms with Gasteiger partial charge < -0.3 is 0 Å². The lowest BCUT2D eigenvalue weighted by atomic mass is 9.63.